The number of nitrogens with one attached hydrogen (secondary N) is 1. The van der Waals surface area contributed by atoms with Crippen molar-refractivity contribution in [1.29, 1.82) is 0 Å². The highest BCUT2D eigenvalue weighted by Crippen LogP contribution is 2.16. The van der Waals surface area contributed by atoms with Gasteiger partial charge in [-0.2, -0.15) is 8.42 Å². The molecule has 0 fully saturated rings. The molecule has 0 bridgehead atoms. The van der Waals surface area contributed by atoms with Crippen molar-refractivity contribution in [3.63, 3.8) is 0 Å². The lowest BCUT2D eigenvalue weighted by molar-refractivity contribution is 0.482. The van der Waals surface area contributed by atoms with E-state index in [2.05, 4.69) is 20.9 Å². The van der Waals surface area contributed by atoms with Crippen LogP contribution < -0.4 is 5.43 Å². The molecule has 0 saturated carbocycles. The first-order valence-electron chi connectivity index (χ1n) is 4.18. The normalized spacial score (nSPS) is 11.9. The quantitative estimate of drug-likeness (QED) is 0.782. The molecule has 2 N–H and O–H groups in total. The summed E-state index contributed by atoms with van der Waals surface area (Å²) >= 11 is 3.23. The number of H-pyrrole nitrogens is 1. The highest BCUT2D eigenvalue weighted by atomic mass is 79.9. The number of benzene rings is 1. The van der Waals surface area contributed by atoms with Crippen molar-refractivity contribution in [1.82, 2.24) is 4.98 Å². The first-order valence-corrected chi connectivity index (χ1v) is 6.41. The molecule has 2 aromatic rings. The smallest absolute Gasteiger partial charge is 0.299 e. The molecule has 5 nitrogen and oxygen atoms in total. The maximum Gasteiger partial charge on any atom is 0.299 e. The lowest BCUT2D eigenvalue weighted by Gasteiger charge is -2.01. The Morgan fingerprint density at radius 1 is 1.31 bits per heavy atom. The summed E-state index contributed by atoms with van der Waals surface area (Å²) in [5.41, 5.74) is -0.226. The van der Waals surface area contributed by atoms with Gasteiger partial charge in [-0.3, -0.25) is 9.35 Å². The standard InChI is InChI=1S/C9H6BrNO4S/c10-5-1-2-6-7(3-5)11-4-8(9(6)12)16(13,14)15/h1-4H,(H,11,12)(H,13,14,15). The molecular weight excluding hydrogens is 298 g/mol. The Labute approximate surface area is 99.0 Å². The minimum atomic E-state index is -4.49. The van der Waals surface area contributed by atoms with Gasteiger partial charge >= 0.3 is 0 Å². The molecule has 0 aliphatic rings. The zero-order valence-corrected chi connectivity index (χ0v) is 10.2. The van der Waals surface area contributed by atoms with Gasteiger partial charge in [0, 0.05) is 16.1 Å². The molecule has 1 heterocycles. The number of aromatic nitrogens is 1. The number of hydrogen-bond acceptors (Lipinski definition) is 3. The lowest BCUT2D eigenvalue weighted by Crippen LogP contribution is -2.14. The Morgan fingerprint density at radius 2 is 2.00 bits per heavy atom. The largest absolute Gasteiger partial charge is 0.360 e. The minimum Gasteiger partial charge on any atom is -0.360 e. The van der Waals surface area contributed by atoms with Gasteiger partial charge in [0.25, 0.3) is 10.1 Å². The Bertz CT molecular complexity index is 720. The van der Waals surface area contributed by atoms with E-state index in [1.165, 1.54) is 6.07 Å². The summed E-state index contributed by atoms with van der Waals surface area (Å²) in [6.07, 6.45) is 0.979. The lowest BCUT2D eigenvalue weighted by atomic mass is 10.2. The third-order valence-corrected chi connectivity index (χ3v) is 3.44. The summed E-state index contributed by atoms with van der Waals surface area (Å²) in [5, 5.41) is 0.207. The van der Waals surface area contributed by atoms with Crippen LogP contribution in [0.3, 0.4) is 0 Å². The molecule has 0 radical (unpaired) electrons. The SMILES string of the molecule is O=c1c(S(=O)(=O)O)c[nH]c2cc(Br)ccc12. The van der Waals surface area contributed by atoms with Crippen molar-refractivity contribution >= 4 is 37.0 Å². The first-order chi connectivity index (χ1) is 7.39. The Hall–Kier alpha value is -1.18. The van der Waals surface area contributed by atoms with Crippen LogP contribution in [0.5, 0.6) is 0 Å². The summed E-state index contributed by atoms with van der Waals surface area (Å²) in [4.78, 5) is 13.7. The molecule has 0 unspecified atom stereocenters. The molecule has 0 aliphatic heterocycles. The van der Waals surface area contributed by atoms with E-state index in [-0.39, 0.29) is 5.39 Å². The molecule has 2 rings (SSSR count). The van der Waals surface area contributed by atoms with Crippen LogP contribution >= 0.6 is 15.9 Å². The molecule has 84 valence electrons. The summed E-state index contributed by atoms with van der Waals surface area (Å²) < 4.78 is 31.4. The van der Waals surface area contributed by atoms with Crippen molar-refractivity contribution in [3.05, 3.63) is 39.1 Å². The van der Waals surface area contributed by atoms with Crippen LogP contribution in [0.1, 0.15) is 0 Å². The fourth-order valence-corrected chi connectivity index (χ4v) is 2.28. The Kier molecular flexibility index (Phi) is 2.61. The van der Waals surface area contributed by atoms with Gasteiger partial charge in [0.1, 0.15) is 0 Å². The Balaban J connectivity index is 2.92. The van der Waals surface area contributed by atoms with Gasteiger partial charge in [-0.25, -0.2) is 0 Å². The molecule has 1 aromatic carbocycles. The van der Waals surface area contributed by atoms with E-state index in [1.807, 2.05) is 0 Å². The second-order valence-electron chi connectivity index (χ2n) is 3.15. The van der Waals surface area contributed by atoms with E-state index in [0.29, 0.717) is 5.52 Å². The highest BCUT2D eigenvalue weighted by Gasteiger charge is 2.16. The third-order valence-electron chi connectivity index (χ3n) is 2.09. The van der Waals surface area contributed by atoms with E-state index in [1.54, 1.807) is 12.1 Å². The summed E-state index contributed by atoms with van der Waals surface area (Å²) in [6.45, 7) is 0. The van der Waals surface area contributed by atoms with Gasteiger partial charge in [0.05, 0.1) is 5.52 Å². The van der Waals surface area contributed by atoms with E-state index >= 15 is 0 Å². The van der Waals surface area contributed by atoms with Crippen LogP contribution in [0.4, 0.5) is 0 Å². The molecule has 7 heteroatoms. The molecule has 0 aliphatic carbocycles. The molecule has 0 spiro atoms. The number of rotatable bonds is 1. The van der Waals surface area contributed by atoms with E-state index < -0.39 is 20.4 Å². The van der Waals surface area contributed by atoms with Gasteiger partial charge in [0.2, 0.25) is 5.43 Å². The number of fused-ring (bicyclic) bond motifs is 1. The molecule has 1 aromatic heterocycles. The average molecular weight is 304 g/mol. The molecule has 0 atom stereocenters. The Morgan fingerprint density at radius 3 is 2.62 bits per heavy atom. The van der Waals surface area contributed by atoms with E-state index in [4.69, 9.17) is 4.55 Å². The average Bonchev–Trinajstić information content (AvgIpc) is 2.15. The van der Waals surface area contributed by atoms with Crippen molar-refractivity contribution in [2.45, 2.75) is 4.90 Å². The van der Waals surface area contributed by atoms with Gasteiger partial charge in [-0.1, -0.05) is 15.9 Å². The van der Waals surface area contributed by atoms with Crippen LogP contribution in [-0.4, -0.2) is 18.0 Å². The fourth-order valence-electron chi connectivity index (χ4n) is 1.37. The highest BCUT2D eigenvalue weighted by molar-refractivity contribution is 9.10. The number of pyridine rings is 1. The van der Waals surface area contributed by atoms with Crippen molar-refractivity contribution in [3.8, 4) is 0 Å². The predicted octanol–water partition coefficient (Wildman–Crippen LogP) is 1.54. The zero-order chi connectivity index (χ0) is 11.9. The number of aromatic amines is 1. The number of halogens is 1. The molecular formula is C9H6BrNO4S. The van der Waals surface area contributed by atoms with Crippen LogP contribution in [0.2, 0.25) is 0 Å². The molecule has 0 amide bonds. The minimum absolute atomic E-state index is 0.207. The topological polar surface area (TPSA) is 87.2 Å². The summed E-state index contributed by atoms with van der Waals surface area (Å²) in [7, 11) is -4.49. The van der Waals surface area contributed by atoms with Crippen LogP contribution in [0.15, 0.2) is 38.6 Å². The maximum absolute atomic E-state index is 11.7. The monoisotopic (exact) mass is 303 g/mol. The zero-order valence-electron chi connectivity index (χ0n) is 7.77. The van der Waals surface area contributed by atoms with Crippen molar-refractivity contribution < 1.29 is 13.0 Å². The number of hydrogen-bond donors (Lipinski definition) is 2. The summed E-state index contributed by atoms with van der Waals surface area (Å²) in [6, 6.07) is 4.74. The molecule has 0 saturated heterocycles. The van der Waals surface area contributed by atoms with Gasteiger partial charge in [0.15, 0.2) is 4.90 Å². The van der Waals surface area contributed by atoms with Crippen molar-refractivity contribution in [2.24, 2.45) is 0 Å². The van der Waals surface area contributed by atoms with E-state index in [0.717, 1.165) is 10.7 Å². The van der Waals surface area contributed by atoms with Gasteiger partial charge < -0.3 is 4.98 Å². The van der Waals surface area contributed by atoms with Crippen LogP contribution in [0, 0.1) is 0 Å². The second-order valence-corrected chi connectivity index (χ2v) is 5.45. The van der Waals surface area contributed by atoms with Gasteiger partial charge in [-0.05, 0) is 18.2 Å². The predicted molar refractivity (Wildman–Crippen MR) is 62.1 cm³/mol. The van der Waals surface area contributed by atoms with Crippen molar-refractivity contribution in [2.75, 3.05) is 0 Å². The van der Waals surface area contributed by atoms with Crippen LogP contribution in [-0.2, 0) is 10.1 Å². The molecule has 16 heavy (non-hydrogen) atoms. The first kappa shape index (κ1) is 11.3. The second kappa shape index (κ2) is 3.69. The van der Waals surface area contributed by atoms with Crippen LogP contribution in [0.25, 0.3) is 10.9 Å². The summed E-state index contributed by atoms with van der Waals surface area (Å²) in [5.74, 6) is 0. The third kappa shape index (κ3) is 1.89. The maximum atomic E-state index is 11.7. The van der Waals surface area contributed by atoms with Gasteiger partial charge in [-0.15, -0.1) is 0 Å². The fraction of sp³-hybridized carbons (Fsp3) is 0. The van der Waals surface area contributed by atoms with E-state index in [9.17, 15) is 13.2 Å².